The molecule has 0 spiro atoms. The number of thiophene rings is 1. The van der Waals surface area contributed by atoms with Crippen LogP contribution < -0.4 is 11.1 Å². The summed E-state index contributed by atoms with van der Waals surface area (Å²) in [5.41, 5.74) is 7.09. The maximum atomic E-state index is 12.3. The quantitative estimate of drug-likeness (QED) is 0.893. The SMILES string of the molecule is NC1(C(=O)NCCN2CCc3sccc3C2)CCCCC1. The largest absolute Gasteiger partial charge is 0.353 e. The molecule has 0 aromatic carbocycles. The third-order valence-electron chi connectivity index (χ3n) is 4.80. The second-order valence-corrected chi connectivity index (χ2v) is 7.37. The van der Waals surface area contributed by atoms with Crippen LogP contribution in [0.25, 0.3) is 0 Å². The average Bonchev–Trinajstić information content (AvgIpc) is 2.95. The monoisotopic (exact) mass is 307 g/mol. The molecule has 1 saturated carbocycles. The van der Waals surface area contributed by atoms with Gasteiger partial charge in [0, 0.05) is 31.1 Å². The Kier molecular flexibility index (Phi) is 4.62. The van der Waals surface area contributed by atoms with E-state index >= 15 is 0 Å². The molecule has 1 aliphatic carbocycles. The minimum Gasteiger partial charge on any atom is -0.353 e. The summed E-state index contributed by atoms with van der Waals surface area (Å²) in [6, 6.07) is 2.22. The molecule has 0 unspecified atom stereocenters. The summed E-state index contributed by atoms with van der Waals surface area (Å²) >= 11 is 1.86. The number of fused-ring (bicyclic) bond motifs is 1. The molecule has 3 N–H and O–H groups in total. The van der Waals surface area contributed by atoms with Crippen molar-refractivity contribution >= 4 is 17.2 Å². The first-order chi connectivity index (χ1) is 10.2. The van der Waals surface area contributed by atoms with E-state index in [1.165, 1.54) is 16.9 Å². The number of nitrogens with one attached hydrogen (secondary N) is 1. The topological polar surface area (TPSA) is 58.4 Å². The van der Waals surface area contributed by atoms with Gasteiger partial charge in [0.15, 0.2) is 0 Å². The Morgan fingerprint density at radius 3 is 3.00 bits per heavy atom. The van der Waals surface area contributed by atoms with Crippen LogP contribution in [0.3, 0.4) is 0 Å². The van der Waals surface area contributed by atoms with Gasteiger partial charge in [0.05, 0.1) is 5.54 Å². The van der Waals surface area contributed by atoms with Gasteiger partial charge in [-0.3, -0.25) is 9.69 Å². The van der Waals surface area contributed by atoms with Gasteiger partial charge in [-0.15, -0.1) is 11.3 Å². The number of hydrogen-bond donors (Lipinski definition) is 2. The molecule has 3 rings (SSSR count). The molecule has 1 fully saturated rings. The standard InChI is InChI=1S/C16H25N3OS/c17-16(6-2-1-3-7-16)15(20)18-8-10-19-9-4-14-13(12-19)5-11-21-14/h5,11H,1-4,6-10,12,17H2,(H,18,20). The molecular formula is C16H25N3OS. The minimum absolute atomic E-state index is 0.0513. The van der Waals surface area contributed by atoms with Crippen molar-refractivity contribution in [2.45, 2.75) is 50.6 Å². The molecular weight excluding hydrogens is 282 g/mol. The van der Waals surface area contributed by atoms with Crippen molar-refractivity contribution in [3.63, 3.8) is 0 Å². The van der Waals surface area contributed by atoms with Gasteiger partial charge < -0.3 is 11.1 Å². The third kappa shape index (κ3) is 3.47. The van der Waals surface area contributed by atoms with E-state index < -0.39 is 5.54 Å². The molecule has 116 valence electrons. The van der Waals surface area contributed by atoms with Crippen molar-refractivity contribution in [1.29, 1.82) is 0 Å². The zero-order valence-corrected chi connectivity index (χ0v) is 13.4. The van der Waals surface area contributed by atoms with Gasteiger partial charge in [-0.25, -0.2) is 0 Å². The maximum absolute atomic E-state index is 12.3. The van der Waals surface area contributed by atoms with E-state index in [1.54, 1.807) is 0 Å². The molecule has 2 heterocycles. The van der Waals surface area contributed by atoms with Gasteiger partial charge in [-0.2, -0.15) is 0 Å². The molecule has 1 amide bonds. The lowest BCUT2D eigenvalue weighted by atomic mass is 9.82. The van der Waals surface area contributed by atoms with Gasteiger partial charge >= 0.3 is 0 Å². The predicted molar refractivity (Wildman–Crippen MR) is 86.3 cm³/mol. The van der Waals surface area contributed by atoms with Crippen LogP contribution in [0.2, 0.25) is 0 Å². The normalized spacial score (nSPS) is 21.8. The number of carbonyl (C=O) groups is 1. The van der Waals surface area contributed by atoms with E-state index in [4.69, 9.17) is 5.73 Å². The molecule has 5 heteroatoms. The lowest BCUT2D eigenvalue weighted by Gasteiger charge is -2.32. The van der Waals surface area contributed by atoms with E-state index in [0.717, 1.165) is 51.7 Å². The summed E-state index contributed by atoms with van der Waals surface area (Å²) in [5.74, 6) is 0.0513. The Balaban J connectivity index is 1.43. The van der Waals surface area contributed by atoms with E-state index in [-0.39, 0.29) is 5.91 Å². The van der Waals surface area contributed by atoms with Crippen LogP contribution in [0.1, 0.15) is 42.5 Å². The summed E-state index contributed by atoms with van der Waals surface area (Å²) in [6.45, 7) is 3.73. The van der Waals surface area contributed by atoms with Gasteiger partial charge in [0.1, 0.15) is 0 Å². The molecule has 0 radical (unpaired) electrons. The van der Waals surface area contributed by atoms with E-state index in [9.17, 15) is 4.79 Å². The van der Waals surface area contributed by atoms with Crippen LogP contribution in [-0.2, 0) is 17.8 Å². The van der Waals surface area contributed by atoms with Crippen LogP contribution in [0, 0.1) is 0 Å². The summed E-state index contributed by atoms with van der Waals surface area (Å²) in [7, 11) is 0. The zero-order chi connectivity index (χ0) is 14.7. The van der Waals surface area contributed by atoms with Gasteiger partial charge in [0.25, 0.3) is 0 Å². The highest BCUT2D eigenvalue weighted by molar-refractivity contribution is 7.10. The minimum atomic E-state index is -0.610. The fraction of sp³-hybridized carbons (Fsp3) is 0.688. The number of amides is 1. The summed E-state index contributed by atoms with van der Waals surface area (Å²) in [6.07, 6.45) is 6.18. The lowest BCUT2D eigenvalue weighted by Crippen LogP contribution is -2.55. The van der Waals surface area contributed by atoms with Crippen LogP contribution in [0.15, 0.2) is 11.4 Å². The molecule has 0 saturated heterocycles. The Morgan fingerprint density at radius 1 is 1.38 bits per heavy atom. The molecule has 1 aliphatic heterocycles. The van der Waals surface area contributed by atoms with E-state index in [0.29, 0.717) is 6.54 Å². The number of hydrogen-bond acceptors (Lipinski definition) is 4. The highest BCUT2D eigenvalue weighted by Crippen LogP contribution is 2.26. The second kappa shape index (κ2) is 6.46. The van der Waals surface area contributed by atoms with Crippen molar-refractivity contribution in [3.8, 4) is 0 Å². The predicted octanol–water partition coefficient (Wildman–Crippen LogP) is 1.88. The van der Waals surface area contributed by atoms with Crippen molar-refractivity contribution in [2.24, 2.45) is 5.73 Å². The van der Waals surface area contributed by atoms with Crippen molar-refractivity contribution < 1.29 is 4.79 Å². The number of nitrogens with zero attached hydrogens (tertiary/aromatic N) is 1. The third-order valence-corrected chi connectivity index (χ3v) is 5.82. The van der Waals surface area contributed by atoms with Gasteiger partial charge in [-0.05, 0) is 36.3 Å². The summed E-state index contributed by atoms with van der Waals surface area (Å²) < 4.78 is 0. The van der Waals surface area contributed by atoms with Crippen LogP contribution in [0.4, 0.5) is 0 Å². The molecule has 0 atom stereocenters. The summed E-state index contributed by atoms with van der Waals surface area (Å²) in [4.78, 5) is 16.2. The Bertz CT molecular complexity index is 493. The zero-order valence-electron chi connectivity index (χ0n) is 12.6. The number of nitrogens with two attached hydrogens (primary N) is 1. The fourth-order valence-corrected chi connectivity index (χ4v) is 4.30. The highest BCUT2D eigenvalue weighted by atomic mass is 32.1. The van der Waals surface area contributed by atoms with Crippen LogP contribution >= 0.6 is 11.3 Å². The maximum Gasteiger partial charge on any atom is 0.240 e. The highest BCUT2D eigenvalue weighted by Gasteiger charge is 2.34. The second-order valence-electron chi connectivity index (χ2n) is 6.37. The Morgan fingerprint density at radius 2 is 2.19 bits per heavy atom. The van der Waals surface area contributed by atoms with Crippen molar-refractivity contribution in [2.75, 3.05) is 19.6 Å². The first-order valence-corrected chi connectivity index (χ1v) is 8.90. The molecule has 0 bridgehead atoms. The van der Waals surface area contributed by atoms with E-state index in [2.05, 4.69) is 21.7 Å². The fourth-order valence-electron chi connectivity index (χ4n) is 3.41. The van der Waals surface area contributed by atoms with Gasteiger partial charge in [0.2, 0.25) is 5.91 Å². The van der Waals surface area contributed by atoms with Crippen molar-refractivity contribution in [1.82, 2.24) is 10.2 Å². The molecule has 2 aliphatic rings. The summed E-state index contributed by atoms with van der Waals surface area (Å²) in [5, 5.41) is 5.23. The smallest absolute Gasteiger partial charge is 0.240 e. The van der Waals surface area contributed by atoms with Crippen molar-refractivity contribution in [3.05, 3.63) is 21.9 Å². The molecule has 4 nitrogen and oxygen atoms in total. The Hall–Kier alpha value is -0.910. The molecule has 1 aromatic heterocycles. The first-order valence-electron chi connectivity index (χ1n) is 8.02. The van der Waals surface area contributed by atoms with Crippen LogP contribution in [-0.4, -0.2) is 36.0 Å². The molecule has 21 heavy (non-hydrogen) atoms. The van der Waals surface area contributed by atoms with E-state index in [1.807, 2.05) is 11.3 Å². The lowest BCUT2D eigenvalue weighted by molar-refractivity contribution is -0.127. The first kappa shape index (κ1) is 15.0. The average molecular weight is 307 g/mol. The number of carbonyl (C=O) groups excluding carboxylic acids is 1. The van der Waals surface area contributed by atoms with Gasteiger partial charge in [-0.1, -0.05) is 19.3 Å². The Labute approximate surface area is 130 Å². The molecule has 1 aromatic rings. The number of rotatable bonds is 4. The van der Waals surface area contributed by atoms with Crippen LogP contribution in [0.5, 0.6) is 0 Å².